The molecule has 0 spiro atoms. The lowest BCUT2D eigenvalue weighted by Gasteiger charge is -2.19. The normalized spacial score (nSPS) is 11.8. The van der Waals surface area contributed by atoms with Crippen molar-refractivity contribution < 1.29 is 4.39 Å². The summed E-state index contributed by atoms with van der Waals surface area (Å²) in [6.45, 7) is 7.19. The second-order valence-electron chi connectivity index (χ2n) is 5.75. The van der Waals surface area contributed by atoms with Crippen LogP contribution in [0.3, 0.4) is 0 Å². The van der Waals surface area contributed by atoms with Gasteiger partial charge in [-0.05, 0) is 39.0 Å². The molecule has 0 bridgehead atoms. The fourth-order valence-corrected chi connectivity index (χ4v) is 1.89. The maximum absolute atomic E-state index is 13.6. The van der Waals surface area contributed by atoms with E-state index in [1.165, 1.54) is 12.1 Å². The van der Waals surface area contributed by atoms with Crippen molar-refractivity contribution in [1.29, 1.82) is 0 Å². The number of benzene rings is 1. The minimum Gasteiger partial charge on any atom is -0.306 e. The third-order valence-corrected chi connectivity index (χ3v) is 2.96. The quantitative estimate of drug-likeness (QED) is 0.943. The summed E-state index contributed by atoms with van der Waals surface area (Å²) in [5.74, 6) is -0.292. The van der Waals surface area contributed by atoms with Crippen molar-refractivity contribution in [3.63, 3.8) is 0 Å². The Morgan fingerprint density at radius 2 is 2.10 bits per heavy atom. The highest BCUT2D eigenvalue weighted by atomic mass is 35.5. The Kier molecular flexibility index (Phi) is 4.40. The summed E-state index contributed by atoms with van der Waals surface area (Å²) in [5, 5.41) is 11.9. The van der Waals surface area contributed by atoms with Crippen LogP contribution < -0.4 is 5.32 Å². The van der Waals surface area contributed by atoms with Crippen LogP contribution in [0.5, 0.6) is 0 Å². The number of nitrogens with zero attached hydrogens (tertiary/aromatic N) is 3. The van der Waals surface area contributed by atoms with Crippen LogP contribution in [-0.2, 0) is 13.1 Å². The van der Waals surface area contributed by atoms with E-state index in [0.29, 0.717) is 23.7 Å². The smallest absolute Gasteiger partial charge is 0.128 e. The Morgan fingerprint density at radius 3 is 2.80 bits per heavy atom. The second kappa shape index (κ2) is 5.89. The predicted molar refractivity (Wildman–Crippen MR) is 77.1 cm³/mol. The summed E-state index contributed by atoms with van der Waals surface area (Å²) in [6.07, 6.45) is 1.80. The van der Waals surface area contributed by atoms with Crippen molar-refractivity contribution in [3.05, 3.63) is 46.5 Å². The first-order valence-electron chi connectivity index (χ1n) is 6.41. The zero-order valence-corrected chi connectivity index (χ0v) is 12.6. The van der Waals surface area contributed by atoms with E-state index in [4.69, 9.17) is 11.6 Å². The molecule has 0 aliphatic carbocycles. The van der Waals surface area contributed by atoms with Crippen LogP contribution in [-0.4, -0.2) is 20.5 Å². The van der Waals surface area contributed by atoms with Gasteiger partial charge in [0.25, 0.3) is 0 Å². The molecule has 0 aliphatic heterocycles. The summed E-state index contributed by atoms with van der Waals surface area (Å²) < 4.78 is 15.2. The van der Waals surface area contributed by atoms with Gasteiger partial charge in [-0.15, -0.1) is 5.10 Å². The van der Waals surface area contributed by atoms with Crippen molar-refractivity contribution in [1.82, 2.24) is 20.3 Å². The largest absolute Gasteiger partial charge is 0.306 e. The van der Waals surface area contributed by atoms with Gasteiger partial charge in [-0.25, -0.2) is 9.07 Å². The number of halogens is 2. The first-order valence-corrected chi connectivity index (χ1v) is 6.79. The van der Waals surface area contributed by atoms with E-state index in [0.717, 1.165) is 5.69 Å². The Bertz CT molecular complexity index is 589. The summed E-state index contributed by atoms with van der Waals surface area (Å²) in [7, 11) is 0. The van der Waals surface area contributed by atoms with E-state index in [1.54, 1.807) is 16.9 Å². The minimum absolute atomic E-state index is 0.0167. The van der Waals surface area contributed by atoms with Gasteiger partial charge in [0.05, 0.1) is 18.4 Å². The van der Waals surface area contributed by atoms with Crippen molar-refractivity contribution in [2.24, 2.45) is 0 Å². The highest BCUT2D eigenvalue weighted by Crippen LogP contribution is 2.15. The maximum atomic E-state index is 13.6. The average Bonchev–Trinajstić information content (AvgIpc) is 2.78. The van der Waals surface area contributed by atoms with E-state index >= 15 is 0 Å². The molecule has 20 heavy (non-hydrogen) atoms. The molecule has 0 saturated carbocycles. The lowest BCUT2D eigenvalue weighted by Crippen LogP contribution is -2.35. The van der Waals surface area contributed by atoms with Crippen LogP contribution in [0.4, 0.5) is 4.39 Å². The fraction of sp³-hybridized carbons (Fsp3) is 0.429. The van der Waals surface area contributed by atoms with Gasteiger partial charge in [0.15, 0.2) is 0 Å². The van der Waals surface area contributed by atoms with Crippen LogP contribution in [0.25, 0.3) is 0 Å². The molecular formula is C14H18ClFN4. The number of aromatic nitrogens is 3. The number of hydrogen-bond acceptors (Lipinski definition) is 3. The van der Waals surface area contributed by atoms with Gasteiger partial charge in [-0.3, -0.25) is 0 Å². The molecule has 108 valence electrons. The van der Waals surface area contributed by atoms with Crippen molar-refractivity contribution >= 4 is 11.6 Å². The topological polar surface area (TPSA) is 42.7 Å². The summed E-state index contributed by atoms with van der Waals surface area (Å²) in [4.78, 5) is 0. The number of nitrogens with one attached hydrogen (secondary N) is 1. The van der Waals surface area contributed by atoms with E-state index in [2.05, 4.69) is 36.4 Å². The van der Waals surface area contributed by atoms with Crippen molar-refractivity contribution in [2.75, 3.05) is 0 Å². The van der Waals surface area contributed by atoms with E-state index in [-0.39, 0.29) is 11.4 Å². The molecule has 1 aromatic heterocycles. The third-order valence-electron chi connectivity index (χ3n) is 2.73. The Morgan fingerprint density at radius 1 is 1.35 bits per heavy atom. The van der Waals surface area contributed by atoms with Crippen molar-refractivity contribution in [2.45, 2.75) is 39.4 Å². The van der Waals surface area contributed by atoms with Gasteiger partial charge in [0, 0.05) is 22.7 Å². The van der Waals surface area contributed by atoms with E-state index < -0.39 is 0 Å². The van der Waals surface area contributed by atoms with Crippen LogP contribution in [0, 0.1) is 5.82 Å². The Hall–Kier alpha value is -1.46. The van der Waals surface area contributed by atoms with E-state index in [9.17, 15) is 4.39 Å². The molecule has 1 heterocycles. The molecule has 0 amide bonds. The Labute approximate surface area is 122 Å². The summed E-state index contributed by atoms with van der Waals surface area (Å²) in [6, 6.07) is 4.49. The number of hydrogen-bond donors (Lipinski definition) is 1. The van der Waals surface area contributed by atoms with Crippen LogP contribution in [0.15, 0.2) is 24.4 Å². The molecule has 1 aromatic carbocycles. The molecule has 2 rings (SSSR count). The molecule has 0 aliphatic rings. The molecule has 4 nitrogen and oxygen atoms in total. The molecule has 6 heteroatoms. The monoisotopic (exact) mass is 296 g/mol. The second-order valence-corrected chi connectivity index (χ2v) is 6.18. The van der Waals surface area contributed by atoms with Gasteiger partial charge >= 0.3 is 0 Å². The highest BCUT2D eigenvalue weighted by molar-refractivity contribution is 6.30. The van der Waals surface area contributed by atoms with Crippen LogP contribution in [0.2, 0.25) is 5.02 Å². The first-order chi connectivity index (χ1) is 9.33. The van der Waals surface area contributed by atoms with Crippen LogP contribution >= 0.6 is 11.6 Å². The molecule has 1 N–H and O–H groups in total. The minimum atomic E-state index is -0.292. The highest BCUT2D eigenvalue weighted by Gasteiger charge is 2.11. The summed E-state index contributed by atoms with van der Waals surface area (Å²) >= 11 is 5.87. The zero-order chi connectivity index (χ0) is 14.8. The molecule has 0 radical (unpaired) electrons. The molecule has 0 atom stereocenters. The Balaban J connectivity index is 2.04. The number of rotatable bonds is 4. The van der Waals surface area contributed by atoms with Gasteiger partial charge in [-0.2, -0.15) is 0 Å². The SMILES string of the molecule is CC(C)(C)NCc1cn(Cc2cc(Cl)ccc2F)nn1. The van der Waals surface area contributed by atoms with E-state index in [1.807, 2.05) is 0 Å². The molecule has 2 aromatic rings. The molecule has 0 unspecified atom stereocenters. The van der Waals surface area contributed by atoms with Crippen molar-refractivity contribution in [3.8, 4) is 0 Å². The van der Waals surface area contributed by atoms with Gasteiger partial charge in [0.2, 0.25) is 0 Å². The summed E-state index contributed by atoms with van der Waals surface area (Å²) in [5.41, 5.74) is 1.34. The fourth-order valence-electron chi connectivity index (χ4n) is 1.69. The van der Waals surface area contributed by atoms with Gasteiger partial charge < -0.3 is 5.32 Å². The predicted octanol–water partition coefficient (Wildman–Crippen LogP) is 3.01. The standard InChI is InChI=1S/C14H18ClFN4/c1-14(2,3)17-7-12-9-20(19-18-12)8-10-6-11(15)4-5-13(10)16/h4-6,9,17H,7-8H2,1-3H3. The maximum Gasteiger partial charge on any atom is 0.128 e. The molecule has 0 fully saturated rings. The average molecular weight is 297 g/mol. The first kappa shape index (κ1) is 14.9. The third kappa shape index (κ3) is 4.28. The lowest BCUT2D eigenvalue weighted by atomic mass is 10.1. The van der Waals surface area contributed by atoms with Gasteiger partial charge in [0.1, 0.15) is 5.82 Å². The molecular weight excluding hydrogens is 279 g/mol. The zero-order valence-electron chi connectivity index (χ0n) is 11.8. The van der Waals surface area contributed by atoms with Gasteiger partial charge in [-0.1, -0.05) is 16.8 Å². The lowest BCUT2D eigenvalue weighted by molar-refractivity contribution is 0.421. The molecule has 0 saturated heterocycles. The van der Waals surface area contributed by atoms with Crippen LogP contribution in [0.1, 0.15) is 32.0 Å².